The van der Waals surface area contributed by atoms with Crippen LogP contribution < -0.4 is 16.1 Å². The summed E-state index contributed by atoms with van der Waals surface area (Å²) in [6, 6.07) is 23.8. The number of hydrazone groups is 1. The van der Waals surface area contributed by atoms with Crippen LogP contribution in [0.1, 0.15) is 5.56 Å². The van der Waals surface area contributed by atoms with Crippen LogP contribution in [0.15, 0.2) is 84.0 Å². The molecule has 0 unspecified atom stereocenters. The molecule has 0 aliphatic carbocycles. The van der Waals surface area contributed by atoms with Gasteiger partial charge in [-0.1, -0.05) is 48.0 Å². The van der Waals surface area contributed by atoms with E-state index in [1.165, 1.54) is 12.3 Å². The van der Waals surface area contributed by atoms with Gasteiger partial charge in [0, 0.05) is 22.0 Å². The number of rotatable bonds is 7. The molecule has 8 nitrogen and oxygen atoms in total. The SMILES string of the molecule is Oc1ccc(Cl)cc1/C=N\Nc1nc(Nc2ccccc2)nc(Nc2ccccc2)n1. The van der Waals surface area contributed by atoms with E-state index in [0.717, 1.165) is 11.4 Å². The van der Waals surface area contributed by atoms with E-state index in [1.54, 1.807) is 12.1 Å². The van der Waals surface area contributed by atoms with Crippen LogP contribution in [0.25, 0.3) is 0 Å². The molecule has 154 valence electrons. The van der Waals surface area contributed by atoms with Crippen molar-refractivity contribution in [1.29, 1.82) is 0 Å². The first-order valence-electron chi connectivity index (χ1n) is 9.33. The van der Waals surface area contributed by atoms with Crippen molar-refractivity contribution in [2.45, 2.75) is 0 Å². The molecule has 4 rings (SSSR count). The molecule has 0 atom stereocenters. The zero-order valence-corrected chi connectivity index (χ0v) is 17.0. The molecule has 0 spiro atoms. The largest absolute Gasteiger partial charge is 0.507 e. The Morgan fingerprint density at radius 1 is 0.742 bits per heavy atom. The van der Waals surface area contributed by atoms with Crippen LogP contribution in [0.5, 0.6) is 5.75 Å². The van der Waals surface area contributed by atoms with Crippen LogP contribution in [0.4, 0.5) is 29.2 Å². The third kappa shape index (κ3) is 5.68. The van der Waals surface area contributed by atoms with Crippen molar-refractivity contribution in [3.63, 3.8) is 0 Å². The Bertz CT molecular complexity index is 1130. The molecule has 0 bridgehead atoms. The van der Waals surface area contributed by atoms with Crippen LogP contribution in [0, 0.1) is 0 Å². The quantitative estimate of drug-likeness (QED) is 0.236. The number of phenols is 1. The normalized spacial score (nSPS) is 10.7. The maximum absolute atomic E-state index is 9.91. The molecule has 4 aromatic rings. The number of nitrogens with zero attached hydrogens (tertiary/aromatic N) is 4. The summed E-state index contributed by atoms with van der Waals surface area (Å²) in [4.78, 5) is 13.1. The topological polar surface area (TPSA) is 107 Å². The monoisotopic (exact) mass is 431 g/mol. The fraction of sp³-hybridized carbons (Fsp3) is 0. The number of para-hydroxylation sites is 2. The van der Waals surface area contributed by atoms with Crippen LogP contribution in [-0.4, -0.2) is 26.3 Å². The zero-order chi connectivity index (χ0) is 21.5. The average molecular weight is 432 g/mol. The Labute approximate surface area is 183 Å². The van der Waals surface area contributed by atoms with Crippen molar-refractivity contribution in [3.05, 3.63) is 89.4 Å². The molecule has 1 heterocycles. The number of benzene rings is 3. The summed E-state index contributed by atoms with van der Waals surface area (Å²) in [6.07, 6.45) is 1.43. The summed E-state index contributed by atoms with van der Waals surface area (Å²) in [5.41, 5.74) is 4.89. The van der Waals surface area contributed by atoms with E-state index in [9.17, 15) is 5.11 Å². The van der Waals surface area contributed by atoms with Crippen LogP contribution in [-0.2, 0) is 0 Å². The standard InChI is InChI=1S/C22H18ClN7O/c23-16-11-12-19(31)15(13-16)14-24-30-22-28-20(25-17-7-3-1-4-8-17)27-21(29-22)26-18-9-5-2-6-10-18/h1-14,31H,(H3,25,26,27,28,29,30)/b24-14-. The van der Waals surface area contributed by atoms with E-state index < -0.39 is 0 Å². The zero-order valence-electron chi connectivity index (χ0n) is 16.2. The number of aromatic hydroxyl groups is 1. The van der Waals surface area contributed by atoms with Crippen molar-refractivity contribution in [1.82, 2.24) is 15.0 Å². The molecule has 3 aromatic carbocycles. The van der Waals surface area contributed by atoms with Gasteiger partial charge in [-0.2, -0.15) is 20.1 Å². The smallest absolute Gasteiger partial charge is 0.250 e. The summed E-state index contributed by atoms with van der Waals surface area (Å²) in [5, 5.41) is 20.8. The molecule has 0 aliphatic rings. The van der Waals surface area contributed by atoms with E-state index in [-0.39, 0.29) is 11.7 Å². The Kier molecular flexibility index (Phi) is 6.20. The van der Waals surface area contributed by atoms with Gasteiger partial charge in [0.25, 0.3) is 0 Å². The van der Waals surface area contributed by atoms with Crippen molar-refractivity contribution in [2.75, 3.05) is 16.1 Å². The van der Waals surface area contributed by atoms with E-state index >= 15 is 0 Å². The highest BCUT2D eigenvalue weighted by Gasteiger charge is 2.07. The minimum Gasteiger partial charge on any atom is -0.507 e. The minimum atomic E-state index is 0.0588. The number of hydrogen-bond acceptors (Lipinski definition) is 8. The molecule has 0 saturated heterocycles. The second-order valence-electron chi connectivity index (χ2n) is 6.36. The molecule has 9 heteroatoms. The van der Waals surface area contributed by atoms with Crippen molar-refractivity contribution in [3.8, 4) is 5.75 Å². The Morgan fingerprint density at radius 3 is 1.87 bits per heavy atom. The van der Waals surface area contributed by atoms with Gasteiger partial charge in [0.15, 0.2) is 0 Å². The second kappa shape index (κ2) is 9.55. The Balaban J connectivity index is 1.59. The van der Waals surface area contributed by atoms with Gasteiger partial charge in [0.1, 0.15) is 5.75 Å². The first-order chi connectivity index (χ1) is 15.2. The summed E-state index contributed by atoms with van der Waals surface area (Å²) >= 11 is 5.97. The third-order valence-electron chi connectivity index (χ3n) is 4.05. The molecule has 0 amide bonds. The average Bonchev–Trinajstić information content (AvgIpc) is 2.77. The van der Waals surface area contributed by atoms with Gasteiger partial charge >= 0.3 is 0 Å². The van der Waals surface area contributed by atoms with Crippen LogP contribution in [0.3, 0.4) is 0 Å². The maximum Gasteiger partial charge on any atom is 0.250 e. The lowest BCUT2D eigenvalue weighted by Gasteiger charge is -2.10. The van der Waals surface area contributed by atoms with Gasteiger partial charge in [-0.25, -0.2) is 5.43 Å². The van der Waals surface area contributed by atoms with Crippen molar-refractivity contribution < 1.29 is 5.11 Å². The lowest BCUT2D eigenvalue weighted by molar-refractivity contribution is 0.474. The van der Waals surface area contributed by atoms with Gasteiger partial charge in [-0.3, -0.25) is 0 Å². The first-order valence-corrected chi connectivity index (χ1v) is 9.71. The molecule has 31 heavy (non-hydrogen) atoms. The van der Waals surface area contributed by atoms with E-state index in [2.05, 4.69) is 36.1 Å². The van der Waals surface area contributed by atoms with Gasteiger partial charge in [-0.15, -0.1) is 0 Å². The Morgan fingerprint density at radius 2 is 1.29 bits per heavy atom. The highest BCUT2D eigenvalue weighted by molar-refractivity contribution is 6.30. The second-order valence-corrected chi connectivity index (χ2v) is 6.80. The summed E-state index contributed by atoms with van der Waals surface area (Å²) in [7, 11) is 0. The van der Waals surface area contributed by atoms with Gasteiger partial charge < -0.3 is 15.7 Å². The number of halogens is 1. The van der Waals surface area contributed by atoms with Crippen LogP contribution >= 0.6 is 11.6 Å². The fourth-order valence-electron chi connectivity index (χ4n) is 2.63. The van der Waals surface area contributed by atoms with E-state index in [4.69, 9.17) is 11.6 Å². The number of nitrogens with one attached hydrogen (secondary N) is 3. The predicted octanol–water partition coefficient (Wildman–Crippen LogP) is 5.16. The number of hydrogen-bond donors (Lipinski definition) is 4. The van der Waals surface area contributed by atoms with E-state index in [1.807, 2.05) is 60.7 Å². The molecule has 0 radical (unpaired) electrons. The predicted molar refractivity (Wildman–Crippen MR) is 124 cm³/mol. The molecular formula is C22H18ClN7O. The summed E-state index contributed by atoms with van der Waals surface area (Å²) in [5.74, 6) is 0.943. The highest BCUT2D eigenvalue weighted by Crippen LogP contribution is 2.20. The molecule has 4 N–H and O–H groups in total. The third-order valence-corrected chi connectivity index (χ3v) is 4.29. The Hall–Kier alpha value is -4.17. The minimum absolute atomic E-state index is 0.0588. The van der Waals surface area contributed by atoms with Gasteiger partial charge in [0.2, 0.25) is 17.8 Å². The molecule has 0 fully saturated rings. The van der Waals surface area contributed by atoms with Crippen molar-refractivity contribution in [2.24, 2.45) is 5.10 Å². The maximum atomic E-state index is 9.91. The lowest BCUT2D eigenvalue weighted by atomic mass is 10.2. The van der Waals surface area contributed by atoms with Crippen LogP contribution in [0.2, 0.25) is 5.02 Å². The fourth-order valence-corrected chi connectivity index (χ4v) is 2.81. The lowest BCUT2D eigenvalue weighted by Crippen LogP contribution is -2.07. The molecule has 1 aromatic heterocycles. The van der Waals surface area contributed by atoms with E-state index in [0.29, 0.717) is 22.5 Å². The molecule has 0 saturated carbocycles. The van der Waals surface area contributed by atoms with Crippen molar-refractivity contribution >= 4 is 47.0 Å². The number of aromatic nitrogens is 3. The first kappa shape index (κ1) is 20.1. The van der Waals surface area contributed by atoms with Gasteiger partial charge in [0.05, 0.1) is 6.21 Å². The van der Waals surface area contributed by atoms with Gasteiger partial charge in [-0.05, 0) is 42.5 Å². The molecular weight excluding hydrogens is 414 g/mol. The number of phenolic OH excluding ortho intramolecular Hbond substituents is 1. The highest BCUT2D eigenvalue weighted by atomic mass is 35.5. The summed E-state index contributed by atoms with van der Waals surface area (Å²) in [6.45, 7) is 0. The summed E-state index contributed by atoms with van der Waals surface area (Å²) < 4.78 is 0. The number of anilines is 5. The molecule has 0 aliphatic heterocycles.